The van der Waals surface area contributed by atoms with E-state index >= 15 is 0 Å². The van der Waals surface area contributed by atoms with Crippen LogP contribution in [0.4, 0.5) is 5.69 Å². The summed E-state index contributed by atoms with van der Waals surface area (Å²) in [5.74, 6) is 1.38. The number of rotatable bonds is 8. The predicted octanol–water partition coefficient (Wildman–Crippen LogP) is 5.00. The molecule has 38 heavy (non-hydrogen) atoms. The van der Waals surface area contributed by atoms with Gasteiger partial charge in [-0.05, 0) is 79.8 Å². The summed E-state index contributed by atoms with van der Waals surface area (Å²) >= 11 is 6.58. The molecule has 2 aliphatic rings. The molecule has 2 amide bonds. The van der Waals surface area contributed by atoms with Crippen molar-refractivity contribution >= 4 is 29.1 Å². The van der Waals surface area contributed by atoms with Crippen LogP contribution >= 0.6 is 11.6 Å². The van der Waals surface area contributed by atoms with Gasteiger partial charge in [-0.2, -0.15) is 0 Å². The molecule has 0 spiro atoms. The van der Waals surface area contributed by atoms with Crippen molar-refractivity contribution in [3.63, 3.8) is 0 Å². The number of halogens is 1. The summed E-state index contributed by atoms with van der Waals surface area (Å²) in [6, 6.07) is 19.8. The molecule has 3 aromatic rings. The standard InChI is InChI=1S/C29H30ClN3O5/c30-25-12-9-22(32-28(34)17-36-24-4-2-1-3-5-24)14-20(25)16-33(23-10-7-21(31)8-11-23)29(35)19-6-13-26-27(15-19)38-18-37-26/h1-6,9,12-15,21,23H,7-8,10-11,16-18,31H2,(H,32,34). The van der Waals surface area contributed by atoms with Gasteiger partial charge in [0.05, 0.1) is 0 Å². The number of para-hydroxylation sites is 1. The van der Waals surface area contributed by atoms with Crippen LogP contribution in [0.5, 0.6) is 17.2 Å². The largest absolute Gasteiger partial charge is 0.484 e. The Morgan fingerprint density at radius 2 is 1.74 bits per heavy atom. The molecule has 198 valence electrons. The number of nitrogens with one attached hydrogen (secondary N) is 1. The third kappa shape index (κ3) is 6.20. The van der Waals surface area contributed by atoms with Crippen molar-refractivity contribution in [2.24, 2.45) is 5.73 Å². The van der Waals surface area contributed by atoms with E-state index in [1.54, 1.807) is 48.5 Å². The molecule has 3 aromatic carbocycles. The van der Waals surface area contributed by atoms with Gasteiger partial charge in [0.1, 0.15) is 5.75 Å². The Labute approximate surface area is 226 Å². The minimum Gasteiger partial charge on any atom is -0.484 e. The van der Waals surface area contributed by atoms with Crippen LogP contribution in [0, 0.1) is 0 Å². The molecule has 1 aliphatic carbocycles. The highest BCUT2D eigenvalue weighted by Crippen LogP contribution is 2.34. The Morgan fingerprint density at radius 3 is 2.53 bits per heavy atom. The van der Waals surface area contributed by atoms with Crippen LogP contribution in [-0.2, 0) is 11.3 Å². The number of carbonyl (C=O) groups excluding carboxylic acids is 2. The molecule has 5 rings (SSSR count). The lowest BCUT2D eigenvalue weighted by Gasteiger charge is -2.36. The van der Waals surface area contributed by atoms with E-state index in [0.29, 0.717) is 33.5 Å². The Hall–Kier alpha value is -3.75. The monoisotopic (exact) mass is 535 g/mol. The van der Waals surface area contributed by atoms with Crippen molar-refractivity contribution in [2.45, 2.75) is 44.3 Å². The molecule has 1 fully saturated rings. The Balaban J connectivity index is 1.33. The van der Waals surface area contributed by atoms with Crippen molar-refractivity contribution in [2.75, 3.05) is 18.7 Å². The van der Waals surface area contributed by atoms with E-state index in [-0.39, 0.29) is 43.8 Å². The van der Waals surface area contributed by atoms with Crippen LogP contribution in [0.1, 0.15) is 41.6 Å². The molecular weight excluding hydrogens is 506 g/mol. The van der Waals surface area contributed by atoms with Gasteiger partial charge in [0.25, 0.3) is 11.8 Å². The smallest absolute Gasteiger partial charge is 0.262 e. The summed E-state index contributed by atoms with van der Waals surface area (Å²) in [5.41, 5.74) is 7.97. The molecule has 0 radical (unpaired) electrons. The highest BCUT2D eigenvalue weighted by molar-refractivity contribution is 6.31. The molecule has 0 atom stereocenters. The Morgan fingerprint density at radius 1 is 0.974 bits per heavy atom. The predicted molar refractivity (Wildman–Crippen MR) is 145 cm³/mol. The molecule has 1 aliphatic heterocycles. The summed E-state index contributed by atoms with van der Waals surface area (Å²) in [7, 11) is 0. The zero-order valence-electron chi connectivity index (χ0n) is 20.9. The van der Waals surface area contributed by atoms with Gasteiger partial charge in [-0.15, -0.1) is 0 Å². The highest BCUT2D eigenvalue weighted by atomic mass is 35.5. The number of anilines is 1. The fourth-order valence-electron chi connectivity index (χ4n) is 4.80. The second-order valence-electron chi connectivity index (χ2n) is 9.53. The highest BCUT2D eigenvalue weighted by Gasteiger charge is 2.30. The number of hydrogen-bond acceptors (Lipinski definition) is 6. The number of carbonyl (C=O) groups is 2. The average Bonchev–Trinajstić information content (AvgIpc) is 3.41. The van der Waals surface area contributed by atoms with Crippen molar-refractivity contribution in [1.29, 1.82) is 0 Å². The SMILES string of the molecule is NC1CCC(N(Cc2cc(NC(=O)COc3ccccc3)ccc2Cl)C(=O)c2ccc3c(c2)OCO3)CC1. The lowest BCUT2D eigenvalue weighted by Crippen LogP contribution is -2.44. The fraction of sp³-hybridized carbons (Fsp3) is 0.310. The summed E-state index contributed by atoms with van der Waals surface area (Å²) in [5, 5.41) is 3.37. The first-order valence-corrected chi connectivity index (χ1v) is 13.1. The summed E-state index contributed by atoms with van der Waals surface area (Å²) in [6.07, 6.45) is 3.31. The van der Waals surface area contributed by atoms with Gasteiger partial charge in [0.2, 0.25) is 6.79 Å². The summed E-state index contributed by atoms with van der Waals surface area (Å²) in [6.45, 7) is 0.303. The zero-order chi connectivity index (χ0) is 26.5. The van der Waals surface area contributed by atoms with Crippen LogP contribution in [0.25, 0.3) is 0 Å². The van der Waals surface area contributed by atoms with Crippen LogP contribution in [0.15, 0.2) is 66.7 Å². The number of benzene rings is 3. The average molecular weight is 536 g/mol. The van der Waals surface area contributed by atoms with E-state index in [9.17, 15) is 9.59 Å². The first kappa shape index (κ1) is 25.9. The van der Waals surface area contributed by atoms with E-state index in [1.165, 1.54) is 0 Å². The number of ether oxygens (including phenoxy) is 3. The third-order valence-electron chi connectivity index (χ3n) is 6.85. The van der Waals surface area contributed by atoms with Gasteiger partial charge < -0.3 is 30.2 Å². The summed E-state index contributed by atoms with van der Waals surface area (Å²) < 4.78 is 16.4. The number of nitrogens with two attached hydrogens (primary N) is 1. The fourth-order valence-corrected chi connectivity index (χ4v) is 4.97. The van der Waals surface area contributed by atoms with E-state index in [4.69, 9.17) is 31.5 Å². The van der Waals surface area contributed by atoms with Gasteiger partial charge in [-0.25, -0.2) is 0 Å². The molecule has 1 heterocycles. The van der Waals surface area contributed by atoms with Crippen molar-refractivity contribution in [1.82, 2.24) is 4.90 Å². The molecule has 3 N–H and O–H groups in total. The maximum atomic E-state index is 13.8. The van der Waals surface area contributed by atoms with E-state index in [2.05, 4.69) is 5.32 Å². The van der Waals surface area contributed by atoms with Crippen LogP contribution < -0.4 is 25.3 Å². The molecule has 9 heteroatoms. The minimum absolute atomic E-state index is 0.0151. The number of nitrogens with zero attached hydrogens (tertiary/aromatic N) is 1. The molecule has 0 bridgehead atoms. The van der Waals surface area contributed by atoms with Crippen molar-refractivity contribution in [3.8, 4) is 17.2 Å². The maximum absolute atomic E-state index is 13.8. The van der Waals surface area contributed by atoms with Crippen molar-refractivity contribution in [3.05, 3.63) is 82.9 Å². The maximum Gasteiger partial charge on any atom is 0.262 e. The van der Waals surface area contributed by atoms with Gasteiger partial charge in [0.15, 0.2) is 18.1 Å². The first-order valence-electron chi connectivity index (χ1n) is 12.7. The topological polar surface area (TPSA) is 103 Å². The van der Waals surface area contributed by atoms with Gasteiger partial charge in [-0.1, -0.05) is 29.8 Å². The number of amides is 2. The van der Waals surface area contributed by atoms with Gasteiger partial charge >= 0.3 is 0 Å². The number of hydrogen-bond donors (Lipinski definition) is 2. The quantitative estimate of drug-likeness (QED) is 0.421. The number of fused-ring (bicyclic) bond motifs is 1. The molecule has 0 aromatic heterocycles. The van der Waals surface area contributed by atoms with E-state index in [0.717, 1.165) is 31.2 Å². The second-order valence-corrected chi connectivity index (χ2v) is 9.93. The molecule has 8 nitrogen and oxygen atoms in total. The van der Waals surface area contributed by atoms with E-state index in [1.807, 2.05) is 23.1 Å². The molecule has 1 saturated carbocycles. The van der Waals surface area contributed by atoms with Gasteiger partial charge in [-0.3, -0.25) is 9.59 Å². The third-order valence-corrected chi connectivity index (χ3v) is 7.21. The van der Waals surface area contributed by atoms with Gasteiger partial charge in [0, 0.05) is 34.9 Å². The molecule has 0 saturated heterocycles. The lowest BCUT2D eigenvalue weighted by molar-refractivity contribution is -0.118. The molecule has 0 unspecified atom stereocenters. The minimum atomic E-state index is -0.295. The second kappa shape index (κ2) is 11.8. The van der Waals surface area contributed by atoms with Crippen LogP contribution in [-0.4, -0.2) is 42.2 Å². The Kier molecular flexibility index (Phi) is 8.00. The van der Waals surface area contributed by atoms with E-state index < -0.39 is 0 Å². The lowest BCUT2D eigenvalue weighted by atomic mass is 9.90. The van der Waals surface area contributed by atoms with Crippen LogP contribution in [0.2, 0.25) is 5.02 Å². The normalized spacial score (nSPS) is 18.1. The zero-order valence-corrected chi connectivity index (χ0v) is 21.7. The first-order chi connectivity index (χ1) is 18.5. The summed E-state index contributed by atoms with van der Waals surface area (Å²) in [4.78, 5) is 28.1. The van der Waals surface area contributed by atoms with Crippen molar-refractivity contribution < 1.29 is 23.8 Å². The Bertz CT molecular complexity index is 1290. The molecular formula is C29H30ClN3O5. The van der Waals surface area contributed by atoms with Crippen LogP contribution in [0.3, 0.4) is 0 Å².